The van der Waals surface area contributed by atoms with Crippen molar-refractivity contribution in [2.45, 2.75) is 26.7 Å². The van der Waals surface area contributed by atoms with Crippen LogP contribution in [0.1, 0.15) is 20.8 Å². The normalized spacial score (nSPS) is 14.8. The van der Waals surface area contributed by atoms with E-state index in [-0.39, 0.29) is 0 Å². The fraction of sp³-hybridized carbons (Fsp3) is 1.00. The molecule has 0 heterocycles. The van der Waals surface area contributed by atoms with Gasteiger partial charge in [-0.25, -0.2) is 17.2 Å². The molecule has 0 bridgehead atoms. The van der Waals surface area contributed by atoms with E-state index in [2.05, 4.69) is 0 Å². The van der Waals surface area contributed by atoms with Gasteiger partial charge in [-0.3, -0.25) is 0 Å². The van der Waals surface area contributed by atoms with E-state index in [9.17, 15) is 17.2 Å². The van der Waals surface area contributed by atoms with Crippen LogP contribution < -0.4 is 0 Å². The third-order valence-corrected chi connectivity index (χ3v) is 3.12. The van der Waals surface area contributed by atoms with Gasteiger partial charge < -0.3 is 0 Å². The Kier molecular flexibility index (Phi) is 3.13. The molecular formula is C6H11ClF2O2S. The summed E-state index contributed by atoms with van der Waals surface area (Å²) < 4.78 is 46.5. The summed E-state index contributed by atoms with van der Waals surface area (Å²) in [5.41, 5.74) is -1.63. The first-order chi connectivity index (χ1) is 4.96. The lowest BCUT2D eigenvalue weighted by atomic mass is 9.89. The molecule has 0 amide bonds. The molecule has 6 heteroatoms. The molecule has 0 atom stereocenters. The Labute approximate surface area is 75.3 Å². The fourth-order valence-corrected chi connectivity index (χ4v) is 2.49. The van der Waals surface area contributed by atoms with E-state index < -0.39 is 26.1 Å². The van der Waals surface area contributed by atoms with E-state index in [0.717, 1.165) is 13.8 Å². The first kappa shape index (κ1) is 12.1. The lowest BCUT2D eigenvalue weighted by molar-refractivity contribution is -0.0765. The summed E-state index contributed by atoms with van der Waals surface area (Å²) >= 11 is 0. The van der Waals surface area contributed by atoms with Gasteiger partial charge in [-0.1, -0.05) is 13.8 Å². The Morgan fingerprint density at radius 2 is 1.58 bits per heavy atom. The minimum atomic E-state index is -3.87. The molecule has 0 radical (unpaired) electrons. The predicted octanol–water partition coefficient (Wildman–Crippen LogP) is 2.24. The monoisotopic (exact) mass is 220 g/mol. The molecule has 2 nitrogen and oxygen atoms in total. The van der Waals surface area contributed by atoms with Crippen molar-refractivity contribution in [1.29, 1.82) is 0 Å². The zero-order valence-electron chi connectivity index (χ0n) is 7.07. The molecule has 74 valence electrons. The van der Waals surface area contributed by atoms with Gasteiger partial charge in [0.15, 0.2) is 0 Å². The molecule has 0 aromatic heterocycles. The Morgan fingerprint density at radius 3 is 1.67 bits per heavy atom. The molecule has 0 aliphatic heterocycles. The second-order valence-corrected chi connectivity index (χ2v) is 6.23. The average molecular weight is 221 g/mol. The first-order valence-electron chi connectivity index (χ1n) is 3.26. The van der Waals surface area contributed by atoms with Crippen LogP contribution in [0.25, 0.3) is 0 Å². The van der Waals surface area contributed by atoms with Gasteiger partial charge in [0.25, 0.3) is 5.92 Å². The Hall–Kier alpha value is 0.1000. The maximum Gasteiger partial charge on any atom is 0.251 e. The van der Waals surface area contributed by atoms with Gasteiger partial charge in [-0.05, 0) is 6.92 Å². The molecular weight excluding hydrogens is 210 g/mol. The maximum atomic E-state index is 12.7. The van der Waals surface area contributed by atoms with Crippen LogP contribution in [0.3, 0.4) is 0 Å². The van der Waals surface area contributed by atoms with E-state index in [1.165, 1.54) is 0 Å². The maximum absolute atomic E-state index is 12.7. The minimum Gasteiger partial charge on any atom is -0.212 e. The van der Waals surface area contributed by atoms with E-state index in [1.54, 1.807) is 0 Å². The second-order valence-electron chi connectivity index (χ2n) is 3.46. The van der Waals surface area contributed by atoms with E-state index in [0.29, 0.717) is 6.92 Å². The van der Waals surface area contributed by atoms with Gasteiger partial charge in [0.1, 0.15) is 0 Å². The summed E-state index contributed by atoms with van der Waals surface area (Å²) in [5, 5.41) is 0. The molecule has 0 spiro atoms. The quantitative estimate of drug-likeness (QED) is 0.684. The lowest BCUT2D eigenvalue weighted by Crippen LogP contribution is -2.38. The van der Waals surface area contributed by atoms with Crippen molar-refractivity contribution in [3.05, 3.63) is 0 Å². The minimum absolute atomic E-state index is 0.676. The highest BCUT2D eigenvalue weighted by molar-refractivity contribution is 8.13. The molecule has 0 unspecified atom stereocenters. The van der Waals surface area contributed by atoms with Gasteiger partial charge in [-0.2, -0.15) is 0 Å². The van der Waals surface area contributed by atoms with Gasteiger partial charge in [0.05, 0.1) is 5.75 Å². The van der Waals surface area contributed by atoms with Gasteiger partial charge in [-0.15, -0.1) is 0 Å². The number of halogens is 3. The average Bonchev–Trinajstić information content (AvgIpc) is 1.52. The number of alkyl halides is 2. The van der Waals surface area contributed by atoms with Crippen LogP contribution >= 0.6 is 10.7 Å². The smallest absolute Gasteiger partial charge is 0.212 e. The molecule has 0 aromatic rings. The van der Waals surface area contributed by atoms with Crippen LogP contribution in [-0.4, -0.2) is 20.1 Å². The number of hydrogen-bond acceptors (Lipinski definition) is 2. The molecule has 0 aromatic carbocycles. The summed E-state index contributed by atoms with van der Waals surface area (Å²) in [5.74, 6) is -3.79. The van der Waals surface area contributed by atoms with Crippen LogP contribution in [0.15, 0.2) is 0 Å². The lowest BCUT2D eigenvalue weighted by Gasteiger charge is -2.29. The summed E-state index contributed by atoms with van der Waals surface area (Å²) in [6.07, 6.45) is 0. The first-order valence-corrected chi connectivity index (χ1v) is 5.74. The molecule has 12 heavy (non-hydrogen) atoms. The van der Waals surface area contributed by atoms with E-state index in [4.69, 9.17) is 10.7 Å². The van der Waals surface area contributed by atoms with Crippen molar-refractivity contribution in [3.8, 4) is 0 Å². The second kappa shape index (κ2) is 3.10. The zero-order valence-corrected chi connectivity index (χ0v) is 8.64. The third kappa shape index (κ3) is 3.67. The highest BCUT2D eigenvalue weighted by atomic mass is 35.7. The Bertz CT molecular complexity index is 253. The molecule has 0 rings (SSSR count). The zero-order chi connectivity index (χ0) is 10.2. The van der Waals surface area contributed by atoms with Gasteiger partial charge in [0, 0.05) is 16.1 Å². The summed E-state index contributed by atoms with van der Waals surface area (Å²) in [4.78, 5) is 0. The standard InChI is InChI=1S/C6H11ClF2O2S/c1-5(2,6(3,8)9)4-12(7,10)11/h4H2,1-3H3. The third-order valence-electron chi connectivity index (χ3n) is 1.72. The van der Waals surface area contributed by atoms with Crippen LogP contribution in [0, 0.1) is 5.41 Å². The van der Waals surface area contributed by atoms with E-state index in [1.807, 2.05) is 0 Å². The molecule has 0 fully saturated rings. The van der Waals surface area contributed by atoms with Crippen molar-refractivity contribution < 1.29 is 17.2 Å². The molecule has 0 saturated heterocycles. The van der Waals surface area contributed by atoms with Crippen LogP contribution in [-0.2, 0) is 9.05 Å². The number of rotatable bonds is 3. The van der Waals surface area contributed by atoms with Crippen LogP contribution in [0.4, 0.5) is 8.78 Å². The van der Waals surface area contributed by atoms with Crippen molar-refractivity contribution in [2.24, 2.45) is 5.41 Å². The van der Waals surface area contributed by atoms with Crippen molar-refractivity contribution in [2.75, 3.05) is 5.75 Å². The predicted molar refractivity (Wildman–Crippen MR) is 44.0 cm³/mol. The fourth-order valence-electron chi connectivity index (χ4n) is 0.558. The van der Waals surface area contributed by atoms with Crippen molar-refractivity contribution >= 4 is 19.7 Å². The summed E-state index contributed by atoms with van der Waals surface area (Å²) in [6, 6.07) is 0. The van der Waals surface area contributed by atoms with Crippen molar-refractivity contribution in [3.63, 3.8) is 0 Å². The molecule has 0 N–H and O–H groups in total. The topological polar surface area (TPSA) is 34.1 Å². The van der Waals surface area contributed by atoms with E-state index >= 15 is 0 Å². The highest BCUT2D eigenvalue weighted by Gasteiger charge is 2.44. The van der Waals surface area contributed by atoms with Gasteiger partial charge in [0.2, 0.25) is 9.05 Å². The van der Waals surface area contributed by atoms with Gasteiger partial charge >= 0.3 is 0 Å². The van der Waals surface area contributed by atoms with Crippen LogP contribution in [0.5, 0.6) is 0 Å². The Balaban J connectivity index is 4.67. The number of hydrogen-bond donors (Lipinski definition) is 0. The molecule has 0 aliphatic rings. The Morgan fingerprint density at radius 1 is 1.25 bits per heavy atom. The summed E-state index contributed by atoms with van der Waals surface area (Å²) in [7, 11) is 0.990. The summed E-state index contributed by atoms with van der Waals surface area (Å²) in [6.45, 7) is 2.99. The molecule has 0 saturated carbocycles. The van der Waals surface area contributed by atoms with Crippen molar-refractivity contribution in [1.82, 2.24) is 0 Å². The largest absolute Gasteiger partial charge is 0.251 e. The molecule has 0 aliphatic carbocycles. The SMILES string of the molecule is CC(F)(F)C(C)(C)CS(=O)(=O)Cl. The highest BCUT2D eigenvalue weighted by Crippen LogP contribution is 2.37. The van der Waals surface area contributed by atoms with Crippen LogP contribution in [0.2, 0.25) is 0 Å².